The molecule has 6 nitrogen and oxygen atoms in total. The number of amides is 1. The Kier molecular flexibility index (Phi) is 6.34. The quantitative estimate of drug-likeness (QED) is 0.794. The van der Waals surface area contributed by atoms with Gasteiger partial charge in [0.2, 0.25) is 5.91 Å². The molecular weight excluding hydrogens is 326 g/mol. The van der Waals surface area contributed by atoms with Crippen LogP contribution in [0.3, 0.4) is 0 Å². The first-order chi connectivity index (χ1) is 11.2. The number of carbonyl (C=O) groups excluding carboxylic acids is 1. The van der Waals surface area contributed by atoms with Crippen LogP contribution in [0.1, 0.15) is 25.8 Å². The van der Waals surface area contributed by atoms with Crippen LogP contribution >= 0.6 is 0 Å². The standard InChI is InChI=1S/C17H27N3O3S/c1-13(2)15-11-20(10-14-5-4-7-18-9-14)12-16(15)19-17(21)6-8-24(3,22)23/h4-5,7,9,13,15-16H,6,8,10-12H2,1-3H3,(H,19,21)/t15-,16+/m0/s1. The molecule has 1 N–H and O–H groups in total. The Labute approximate surface area is 144 Å². The monoisotopic (exact) mass is 353 g/mol. The van der Waals surface area contributed by atoms with Crippen LogP contribution < -0.4 is 5.32 Å². The zero-order valence-electron chi connectivity index (χ0n) is 14.6. The van der Waals surface area contributed by atoms with Crippen molar-refractivity contribution in [2.24, 2.45) is 11.8 Å². The lowest BCUT2D eigenvalue weighted by molar-refractivity contribution is -0.121. The molecule has 1 fully saturated rings. The van der Waals surface area contributed by atoms with Crippen molar-refractivity contribution in [1.82, 2.24) is 15.2 Å². The zero-order chi connectivity index (χ0) is 17.7. The number of sulfone groups is 1. The summed E-state index contributed by atoms with van der Waals surface area (Å²) < 4.78 is 22.4. The minimum Gasteiger partial charge on any atom is -0.352 e. The fourth-order valence-corrected chi connectivity index (χ4v) is 3.73. The van der Waals surface area contributed by atoms with Crippen molar-refractivity contribution >= 4 is 15.7 Å². The summed E-state index contributed by atoms with van der Waals surface area (Å²) in [6, 6.07) is 4.04. The summed E-state index contributed by atoms with van der Waals surface area (Å²) in [4.78, 5) is 18.5. The molecule has 0 aliphatic carbocycles. The van der Waals surface area contributed by atoms with Crippen LogP contribution in [0.5, 0.6) is 0 Å². The first-order valence-corrected chi connectivity index (χ1v) is 10.4. The average Bonchev–Trinajstić information content (AvgIpc) is 2.88. The van der Waals surface area contributed by atoms with Gasteiger partial charge in [0.25, 0.3) is 0 Å². The summed E-state index contributed by atoms with van der Waals surface area (Å²) in [7, 11) is -3.11. The van der Waals surface area contributed by atoms with Crippen LogP contribution in [-0.2, 0) is 21.2 Å². The molecule has 0 bridgehead atoms. The molecule has 1 aliphatic rings. The van der Waals surface area contributed by atoms with Crippen LogP contribution in [0.15, 0.2) is 24.5 Å². The van der Waals surface area contributed by atoms with Crippen molar-refractivity contribution in [3.05, 3.63) is 30.1 Å². The van der Waals surface area contributed by atoms with Gasteiger partial charge in [0.1, 0.15) is 9.84 Å². The van der Waals surface area contributed by atoms with Crippen molar-refractivity contribution in [1.29, 1.82) is 0 Å². The number of aromatic nitrogens is 1. The Morgan fingerprint density at radius 3 is 2.75 bits per heavy atom. The van der Waals surface area contributed by atoms with Gasteiger partial charge in [0.15, 0.2) is 0 Å². The molecule has 7 heteroatoms. The van der Waals surface area contributed by atoms with Crippen molar-refractivity contribution in [3.63, 3.8) is 0 Å². The van der Waals surface area contributed by atoms with Gasteiger partial charge in [0.05, 0.1) is 5.75 Å². The maximum atomic E-state index is 12.1. The third kappa shape index (κ3) is 5.87. The molecule has 1 aromatic rings. The lowest BCUT2D eigenvalue weighted by Crippen LogP contribution is -2.42. The van der Waals surface area contributed by atoms with E-state index >= 15 is 0 Å². The molecule has 0 radical (unpaired) electrons. The van der Waals surface area contributed by atoms with Crippen LogP contribution in [0.25, 0.3) is 0 Å². The van der Waals surface area contributed by atoms with Gasteiger partial charge in [-0.2, -0.15) is 0 Å². The van der Waals surface area contributed by atoms with Gasteiger partial charge < -0.3 is 5.32 Å². The Bertz CT molecular complexity index is 646. The number of nitrogens with zero attached hydrogens (tertiary/aromatic N) is 2. The summed E-state index contributed by atoms with van der Waals surface area (Å²) >= 11 is 0. The predicted molar refractivity (Wildman–Crippen MR) is 94.1 cm³/mol. The first kappa shape index (κ1) is 18.9. The Morgan fingerprint density at radius 2 is 2.17 bits per heavy atom. The number of nitrogens with one attached hydrogen (secondary N) is 1. The molecule has 2 rings (SSSR count). The van der Waals surface area contributed by atoms with E-state index in [0.29, 0.717) is 11.8 Å². The molecule has 2 heterocycles. The lowest BCUT2D eigenvalue weighted by Gasteiger charge is -2.22. The minimum absolute atomic E-state index is 0.0305. The van der Waals surface area contributed by atoms with Gasteiger partial charge in [0, 0.05) is 50.7 Å². The molecule has 24 heavy (non-hydrogen) atoms. The molecule has 1 amide bonds. The van der Waals surface area contributed by atoms with Crippen LogP contribution in [0.4, 0.5) is 0 Å². The third-order valence-corrected chi connectivity index (χ3v) is 5.42. The Hall–Kier alpha value is -1.47. The molecule has 0 aromatic carbocycles. The second kappa shape index (κ2) is 8.07. The second-order valence-electron chi connectivity index (χ2n) is 7.02. The molecular formula is C17H27N3O3S. The van der Waals surface area contributed by atoms with Crippen LogP contribution in [0.2, 0.25) is 0 Å². The van der Waals surface area contributed by atoms with Crippen molar-refractivity contribution in [2.75, 3.05) is 25.1 Å². The first-order valence-electron chi connectivity index (χ1n) is 8.33. The number of hydrogen-bond donors (Lipinski definition) is 1. The Balaban J connectivity index is 1.93. The number of rotatable bonds is 7. The molecule has 0 spiro atoms. The van der Waals surface area contributed by atoms with Gasteiger partial charge >= 0.3 is 0 Å². The van der Waals surface area contributed by atoms with E-state index < -0.39 is 9.84 Å². The van der Waals surface area contributed by atoms with E-state index in [0.717, 1.165) is 31.5 Å². The number of likely N-dealkylation sites (tertiary alicyclic amines) is 1. The average molecular weight is 353 g/mol. The van der Waals surface area contributed by atoms with Gasteiger partial charge in [-0.3, -0.25) is 14.7 Å². The summed E-state index contributed by atoms with van der Waals surface area (Å²) in [5, 5.41) is 3.04. The highest BCUT2D eigenvalue weighted by molar-refractivity contribution is 7.90. The molecule has 0 unspecified atom stereocenters. The molecule has 0 saturated carbocycles. The fraction of sp³-hybridized carbons (Fsp3) is 0.647. The number of pyridine rings is 1. The van der Waals surface area contributed by atoms with Crippen molar-refractivity contribution in [3.8, 4) is 0 Å². The molecule has 134 valence electrons. The van der Waals surface area contributed by atoms with E-state index in [1.54, 1.807) is 6.20 Å². The summed E-state index contributed by atoms with van der Waals surface area (Å²) in [6.07, 6.45) is 4.81. The van der Waals surface area contributed by atoms with Crippen molar-refractivity contribution in [2.45, 2.75) is 32.9 Å². The largest absolute Gasteiger partial charge is 0.352 e. The second-order valence-corrected chi connectivity index (χ2v) is 9.28. The summed E-state index contributed by atoms with van der Waals surface area (Å²) in [5.74, 6) is 0.532. The highest BCUT2D eigenvalue weighted by Gasteiger charge is 2.35. The van der Waals surface area contributed by atoms with Crippen LogP contribution in [-0.4, -0.2) is 55.3 Å². The smallest absolute Gasteiger partial charge is 0.221 e. The number of carbonyl (C=O) groups is 1. The molecule has 1 aromatic heterocycles. The SMILES string of the molecule is CC(C)[C@@H]1CN(Cc2cccnc2)C[C@H]1NC(=O)CCS(C)(=O)=O. The van der Waals surface area contributed by atoms with Gasteiger partial charge in [-0.25, -0.2) is 8.42 Å². The molecule has 2 atom stereocenters. The summed E-state index contributed by atoms with van der Waals surface area (Å²) in [5.41, 5.74) is 1.16. The zero-order valence-corrected chi connectivity index (χ0v) is 15.4. The lowest BCUT2D eigenvalue weighted by atomic mass is 9.91. The predicted octanol–water partition coefficient (Wildman–Crippen LogP) is 1.09. The highest BCUT2D eigenvalue weighted by Crippen LogP contribution is 2.25. The highest BCUT2D eigenvalue weighted by atomic mass is 32.2. The van der Waals surface area contributed by atoms with E-state index in [4.69, 9.17) is 0 Å². The van der Waals surface area contributed by atoms with Crippen LogP contribution in [0, 0.1) is 11.8 Å². The maximum Gasteiger partial charge on any atom is 0.221 e. The molecule has 1 aliphatic heterocycles. The maximum absolute atomic E-state index is 12.1. The van der Waals surface area contributed by atoms with E-state index in [9.17, 15) is 13.2 Å². The number of hydrogen-bond acceptors (Lipinski definition) is 5. The summed E-state index contributed by atoms with van der Waals surface area (Å²) in [6.45, 7) is 6.83. The normalized spacial score (nSPS) is 22.0. The van der Waals surface area contributed by atoms with Gasteiger partial charge in [-0.1, -0.05) is 19.9 Å². The van der Waals surface area contributed by atoms with E-state index in [1.165, 1.54) is 0 Å². The van der Waals surface area contributed by atoms with E-state index in [2.05, 4.69) is 35.1 Å². The minimum atomic E-state index is -3.11. The van der Waals surface area contributed by atoms with Gasteiger partial charge in [-0.05, 0) is 23.5 Å². The Morgan fingerprint density at radius 1 is 1.42 bits per heavy atom. The van der Waals surface area contributed by atoms with Crippen molar-refractivity contribution < 1.29 is 13.2 Å². The fourth-order valence-electron chi connectivity index (χ4n) is 3.18. The molecule has 1 saturated heterocycles. The van der Waals surface area contributed by atoms with E-state index in [1.807, 2.05) is 12.3 Å². The topological polar surface area (TPSA) is 79.4 Å². The van der Waals surface area contributed by atoms with Gasteiger partial charge in [-0.15, -0.1) is 0 Å². The van der Waals surface area contributed by atoms with E-state index in [-0.39, 0.29) is 24.1 Å². The third-order valence-electron chi connectivity index (χ3n) is 4.47.